The van der Waals surface area contributed by atoms with Crippen molar-refractivity contribution in [3.05, 3.63) is 23.9 Å². The molecule has 1 N–H and O–H groups in total. The van der Waals surface area contributed by atoms with Gasteiger partial charge in [-0.3, -0.25) is 0 Å². The number of anilines is 1. The van der Waals surface area contributed by atoms with Gasteiger partial charge in [0, 0.05) is 19.3 Å². The third-order valence-corrected chi connectivity index (χ3v) is 2.88. The zero-order valence-electron chi connectivity index (χ0n) is 12.9. The van der Waals surface area contributed by atoms with Crippen LogP contribution in [0.2, 0.25) is 0 Å². The zero-order chi connectivity index (χ0) is 15.9. The molecule has 0 aliphatic rings. The van der Waals surface area contributed by atoms with Crippen LogP contribution in [0.25, 0.3) is 0 Å². The highest BCUT2D eigenvalue weighted by atomic mass is 19.4. The number of aromatic nitrogens is 1. The average molecular weight is 303 g/mol. The number of nitrogens with zero attached hydrogens (tertiary/aromatic N) is 2. The van der Waals surface area contributed by atoms with Crippen LogP contribution < -0.4 is 10.2 Å². The maximum Gasteiger partial charge on any atom is 0.405 e. The molecule has 0 bridgehead atoms. The SMILES string of the molecule is CCCN(CC(F)(F)F)c1cc(CNCC(C)C)ccn1. The van der Waals surface area contributed by atoms with Crippen molar-refractivity contribution < 1.29 is 13.2 Å². The van der Waals surface area contributed by atoms with E-state index in [1.807, 2.05) is 13.0 Å². The first-order chi connectivity index (χ1) is 9.81. The molecule has 0 aliphatic carbocycles. The van der Waals surface area contributed by atoms with Gasteiger partial charge in [-0.15, -0.1) is 0 Å². The van der Waals surface area contributed by atoms with Gasteiger partial charge in [-0.1, -0.05) is 20.8 Å². The summed E-state index contributed by atoms with van der Waals surface area (Å²) < 4.78 is 37.9. The van der Waals surface area contributed by atoms with Crippen LogP contribution in [0, 0.1) is 5.92 Å². The van der Waals surface area contributed by atoms with Crippen molar-refractivity contribution in [2.24, 2.45) is 5.92 Å². The van der Waals surface area contributed by atoms with Crippen molar-refractivity contribution in [1.29, 1.82) is 0 Å². The summed E-state index contributed by atoms with van der Waals surface area (Å²) in [5.74, 6) is 0.922. The van der Waals surface area contributed by atoms with Crippen LogP contribution in [-0.2, 0) is 6.54 Å². The Labute approximate surface area is 124 Å². The topological polar surface area (TPSA) is 28.2 Å². The quantitative estimate of drug-likeness (QED) is 0.795. The van der Waals surface area contributed by atoms with Gasteiger partial charge in [0.2, 0.25) is 0 Å². The van der Waals surface area contributed by atoms with Gasteiger partial charge in [-0.25, -0.2) is 4.98 Å². The molecule has 6 heteroatoms. The summed E-state index contributed by atoms with van der Waals surface area (Å²) >= 11 is 0. The van der Waals surface area contributed by atoms with E-state index in [4.69, 9.17) is 0 Å². The second-order valence-electron chi connectivity index (χ2n) is 5.58. The zero-order valence-corrected chi connectivity index (χ0v) is 12.9. The minimum absolute atomic E-state index is 0.343. The van der Waals surface area contributed by atoms with E-state index in [2.05, 4.69) is 24.1 Å². The van der Waals surface area contributed by atoms with Crippen LogP contribution in [0.5, 0.6) is 0 Å². The summed E-state index contributed by atoms with van der Waals surface area (Å²) in [6.07, 6.45) is -2.00. The van der Waals surface area contributed by atoms with Crippen LogP contribution in [0.3, 0.4) is 0 Å². The van der Waals surface area contributed by atoms with Gasteiger partial charge in [0.05, 0.1) is 0 Å². The fourth-order valence-corrected chi connectivity index (χ4v) is 2.01. The van der Waals surface area contributed by atoms with Crippen LogP contribution in [0.15, 0.2) is 18.3 Å². The highest BCUT2D eigenvalue weighted by Crippen LogP contribution is 2.21. The maximum absolute atomic E-state index is 12.6. The summed E-state index contributed by atoms with van der Waals surface area (Å²) in [6.45, 7) is 6.97. The molecule has 0 aromatic carbocycles. The molecule has 1 heterocycles. The van der Waals surface area contributed by atoms with E-state index in [0.29, 0.717) is 31.2 Å². The Bertz CT molecular complexity index is 419. The van der Waals surface area contributed by atoms with Crippen molar-refractivity contribution >= 4 is 5.82 Å². The van der Waals surface area contributed by atoms with Crippen LogP contribution in [-0.4, -0.2) is 30.8 Å². The minimum atomic E-state index is -4.22. The van der Waals surface area contributed by atoms with Gasteiger partial charge in [-0.05, 0) is 36.6 Å². The van der Waals surface area contributed by atoms with Crippen molar-refractivity contribution in [3.8, 4) is 0 Å². The normalized spacial score (nSPS) is 12.0. The van der Waals surface area contributed by atoms with Gasteiger partial charge in [-0.2, -0.15) is 13.2 Å². The van der Waals surface area contributed by atoms with Crippen molar-refractivity contribution in [2.75, 3.05) is 24.5 Å². The number of nitrogens with one attached hydrogen (secondary N) is 1. The third-order valence-electron chi connectivity index (χ3n) is 2.88. The minimum Gasteiger partial charge on any atom is -0.348 e. The summed E-state index contributed by atoms with van der Waals surface area (Å²) in [4.78, 5) is 5.37. The second kappa shape index (κ2) is 8.22. The Balaban J connectivity index is 2.74. The van der Waals surface area contributed by atoms with E-state index in [1.54, 1.807) is 12.3 Å². The molecule has 0 amide bonds. The average Bonchev–Trinajstić information content (AvgIpc) is 2.37. The van der Waals surface area contributed by atoms with Crippen molar-refractivity contribution in [2.45, 2.75) is 39.9 Å². The molecule has 1 aromatic heterocycles. The van der Waals surface area contributed by atoms with Gasteiger partial charge in [0.15, 0.2) is 0 Å². The molecular formula is C15H24F3N3. The fraction of sp³-hybridized carbons (Fsp3) is 0.667. The summed E-state index contributed by atoms with van der Waals surface area (Å²) in [5, 5.41) is 3.28. The molecular weight excluding hydrogens is 279 g/mol. The molecule has 3 nitrogen and oxygen atoms in total. The standard InChI is InChI=1S/C15H24F3N3/c1-4-7-21(11-15(16,17)18)14-8-13(5-6-20-14)10-19-9-12(2)3/h5-6,8,12,19H,4,7,9-11H2,1-3H3. The number of alkyl halides is 3. The largest absolute Gasteiger partial charge is 0.405 e. The molecule has 0 atom stereocenters. The van der Waals surface area contributed by atoms with Crippen molar-refractivity contribution in [1.82, 2.24) is 10.3 Å². The van der Waals surface area contributed by atoms with E-state index in [1.165, 1.54) is 4.90 Å². The molecule has 21 heavy (non-hydrogen) atoms. The Morgan fingerprint density at radius 3 is 2.62 bits per heavy atom. The Morgan fingerprint density at radius 1 is 1.33 bits per heavy atom. The first-order valence-corrected chi connectivity index (χ1v) is 7.29. The summed E-state index contributed by atoms with van der Waals surface area (Å²) in [7, 11) is 0. The third kappa shape index (κ3) is 7.32. The first kappa shape index (κ1) is 17.8. The highest BCUT2D eigenvalue weighted by molar-refractivity contribution is 5.41. The monoisotopic (exact) mass is 303 g/mol. The number of halogens is 3. The molecule has 120 valence electrons. The first-order valence-electron chi connectivity index (χ1n) is 7.29. The van der Waals surface area contributed by atoms with Gasteiger partial charge < -0.3 is 10.2 Å². The van der Waals surface area contributed by atoms with E-state index in [9.17, 15) is 13.2 Å². The van der Waals surface area contributed by atoms with Crippen molar-refractivity contribution in [3.63, 3.8) is 0 Å². The van der Waals surface area contributed by atoms with Gasteiger partial charge in [0.1, 0.15) is 12.4 Å². The fourth-order valence-electron chi connectivity index (χ4n) is 2.01. The summed E-state index contributed by atoms with van der Waals surface area (Å²) in [5.41, 5.74) is 0.948. The van der Waals surface area contributed by atoms with Crippen LogP contribution in [0.4, 0.5) is 19.0 Å². The number of hydrogen-bond acceptors (Lipinski definition) is 3. The lowest BCUT2D eigenvalue weighted by Crippen LogP contribution is -2.35. The Morgan fingerprint density at radius 2 is 2.05 bits per heavy atom. The molecule has 0 aliphatic heterocycles. The number of hydrogen-bond donors (Lipinski definition) is 1. The highest BCUT2D eigenvalue weighted by Gasteiger charge is 2.31. The number of rotatable bonds is 8. The molecule has 1 aromatic rings. The Hall–Kier alpha value is -1.30. The second-order valence-corrected chi connectivity index (χ2v) is 5.58. The lowest BCUT2D eigenvalue weighted by atomic mass is 10.2. The smallest absolute Gasteiger partial charge is 0.348 e. The van der Waals surface area contributed by atoms with E-state index in [0.717, 1.165) is 12.1 Å². The predicted octanol–water partition coefficient (Wildman–Crippen LogP) is 3.61. The molecule has 0 spiro atoms. The number of pyridine rings is 1. The Kier molecular flexibility index (Phi) is 6.95. The van der Waals surface area contributed by atoms with Gasteiger partial charge >= 0.3 is 6.18 Å². The van der Waals surface area contributed by atoms with Crippen LogP contribution in [0.1, 0.15) is 32.8 Å². The predicted molar refractivity (Wildman–Crippen MR) is 79.3 cm³/mol. The lowest BCUT2D eigenvalue weighted by molar-refractivity contribution is -0.119. The lowest BCUT2D eigenvalue weighted by Gasteiger charge is -2.24. The summed E-state index contributed by atoms with van der Waals surface area (Å²) in [6, 6.07) is 3.56. The molecule has 0 fully saturated rings. The maximum atomic E-state index is 12.6. The van der Waals surface area contributed by atoms with E-state index < -0.39 is 12.7 Å². The molecule has 0 radical (unpaired) electrons. The molecule has 0 saturated carbocycles. The molecule has 0 saturated heterocycles. The van der Waals surface area contributed by atoms with E-state index in [-0.39, 0.29) is 0 Å². The molecule has 0 unspecified atom stereocenters. The van der Waals surface area contributed by atoms with E-state index >= 15 is 0 Å². The van der Waals surface area contributed by atoms with Gasteiger partial charge in [0.25, 0.3) is 0 Å². The molecule has 1 rings (SSSR count). The van der Waals surface area contributed by atoms with Crippen LogP contribution >= 0.6 is 0 Å².